The van der Waals surface area contributed by atoms with Crippen molar-refractivity contribution in [3.05, 3.63) is 0 Å². The summed E-state index contributed by atoms with van der Waals surface area (Å²) in [5, 5.41) is 19.9. The maximum Gasteiger partial charge on any atom is 0.326 e. The Morgan fingerprint density at radius 1 is 1.16 bits per heavy atom. The second kappa shape index (κ2) is 7.08. The minimum Gasteiger partial charge on any atom is -0.481 e. The summed E-state index contributed by atoms with van der Waals surface area (Å²) in [4.78, 5) is 33.3. The first-order valence-corrected chi connectivity index (χ1v) is 6.40. The molecule has 108 valence electrons. The Morgan fingerprint density at radius 3 is 2.21 bits per heavy atom. The summed E-state index contributed by atoms with van der Waals surface area (Å²) in [6.07, 6.45) is 2.42. The van der Waals surface area contributed by atoms with Crippen LogP contribution in [0.5, 0.6) is 0 Å². The number of rotatable bonds is 6. The quantitative estimate of drug-likeness (QED) is 0.536. The van der Waals surface area contributed by atoms with Gasteiger partial charge in [0.2, 0.25) is 5.91 Å². The summed E-state index contributed by atoms with van der Waals surface area (Å²) < 4.78 is 0. The van der Waals surface area contributed by atoms with Gasteiger partial charge in [0.1, 0.15) is 6.04 Å². The molecule has 0 aliphatic heterocycles. The number of amides is 1. The van der Waals surface area contributed by atoms with Gasteiger partial charge in [0.05, 0.1) is 0 Å². The first-order chi connectivity index (χ1) is 8.90. The normalized spacial score (nSPS) is 24.5. The van der Waals surface area contributed by atoms with Crippen LogP contribution < -0.4 is 11.1 Å². The van der Waals surface area contributed by atoms with Gasteiger partial charge in [-0.25, -0.2) is 4.79 Å². The molecular formula is C12H20N2O5. The summed E-state index contributed by atoms with van der Waals surface area (Å²) in [7, 11) is 0. The van der Waals surface area contributed by atoms with Gasteiger partial charge in [-0.1, -0.05) is 0 Å². The lowest BCUT2D eigenvalue weighted by Crippen LogP contribution is -2.45. The standard InChI is InChI=1S/C12H20N2O5/c13-8-3-1-7(2-4-8)11(17)14-9(12(18)19)5-6-10(15)16/h7-9H,1-6,13H2,(H,14,17)(H,15,16)(H,18,19)/t7?,8?,9-/m0/s1. The summed E-state index contributed by atoms with van der Waals surface area (Å²) >= 11 is 0. The van der Waals surface area contributed by atoms with Crippen LogP contribution in [0.15, 0.2) is 0 Å². The third-order valence-corrected chi connectivity index (χ3v) is 3.40. The van der Waals surface area contributed by atoms with Crippen molar-refractivity contribution < 1.29 is 24.6 Å². The third-order valence-electron chi connectivity index (χ3n) is 3.40. The van der Waals surface area contributed by atoms with Crippen molar-refractivity contribution in [2.24, 2.45) is 11.7 Å². The number of hydrogen-bond donors (Lipinski definition) is 4. The van der Waals surface area contributed by atoms with Crippen molar-refractivity contribution in [1.29, 1.82) is 0 Å². The number of carboxylic acids is 2. The van der Waals surface area contributed by atoms with Gasteiger partial charge in [0.15, 0.2) is 0 Å². The van der Waals surface area contributed by atoms with E-state index in [0.29, 0.717) is 12.8 Å². The fourth-order valence-corrected chi connectivity index (χ4v) is 2.20. The number of nitrogens with two attached hydrogens (primary N) is 1. The molecule has 0 aromatic carbocycles. The molecule has 0 bridgehead atoms. The SMILES string of the molecule is NC1CCC(C(=O)N[C@@H](CCC(=O)O)C(=O)O)CC1. The Labute approximate surface area is 111 Å². The lowest BCUT2D eigenvalue weighted by atomic mass is 9.85. The molecule has 7 nitrogen and oxygen atoms in total. The number of carbonyl (C=O) groups excluding carboxylic acids is 1. The fraction of sp³-hybridized carbons (Fsp3) is 0.750. The Bertz CT molecular complexity index is 350. The highest BCUT2D eigenvalue weighted by Gasteiger charge is 2.28. The van der Waals surface area contributed by atoms with E-state index in [0.717, 1.165) is 12.8 Å². The van der Waals surface area contributed by atoms with Crippen LogP contribution in [0.3, 0.4) is 0 Å². The smallest absolute Gasteiger partial charge is 0.326 e. The Morgan fingerprint density at radius 2 is 1.74 bits per heavy atom. The van der Waals surface area contributed by atoms with Crippen LogP contribution in [0.25, 0.3) is 0 Å². The number of carbonyl (C=O) groups is 3. The van der Waals surface area contributed by atoms with Crippen molar-refractivity contribution in [3.63, 3.8) is 0 Å². The van der Waals surface area contributed by atoms with Gasteiger partial charge in [-0.15, -0.1) is 0 Å². The van der Waals surface area contributed by atoms with Crippen LogP contribution in [-0.2, 0) is 14.4 Å². The van der Waals surface area contributed by atoms with E-state index in [1.165, 1.54) is 0 Å². The van der Waals surface area contributed by atoms with Gasteiger partial charge in [-0.2, -0.15) is 0 Å². The van der Waals surface area contributed by atoms with E-state index in [-0.39, 0.29) is 30.7 Å². The zero-order chi connectivity index (χ0) is 14.4. The molecule has 0 spiro atoms. The van der Waals surface area contributed by atoms with Crippen LogP contribution in [-0.4, -0.2) is 40.1 Å². The van der Waals surface area contributed by atoms with E-state index in [1.807, 2.05) is 0 Å². The Hall–Kier alpha value is -1.63. The second-order valence-electron chi connectivity index (χ2n) is 4.94. The predicted octanol–water partition coefficient (Wildman–Crippen LogP) is -0.0619. The van der Waals surface area contributed by atoms with E-state index in [9.17, 15) is 14.4 Å². The maximum atomic E-state index is 11.9. The lowest BCUT2D eigenvalue weighted by molar-refractivity contribution is -0.143. The molecule has 5 N–H and O–H groups in total. The molecule has 0 heterocycles. The predicted molar refractivity (Wildman–Crippen MR) is 66.4 cm³/mol. The lowest BCUT2D eigenvalue weighted by Gasteiger charge is -2.26. The molecule has 1 fully saturated rings. The molecule has 1 amide bonds. The van der Waals surface area contributed by atoms with Gasteiger partial charge >= 0.3 is 11.9 Å². The second-order valence-corrected chi connectivity index (χ2v) is 4.94. The van der Waals surface area contributed by atoms with Gasteiger partial charge < -0.3 is 21.3 Å². The highest BCUT2D eigenvalue weighted by Crippen LogP contribution is 2.23. The summed E-state index contributed by atoms with van der Waals surface area (Å²) in [5.41, 5.74) is 5.74. The Kier molecular flexibility index (Phi) is 5.75. The molecule has 1 atom stereocenters. The molecular weight excluding hydrogens is 252 g/mol. The zero-order valence-electron chi connectivity index (χ0n) is 10.7. The number of nitrogens with one attached hydrogen (secondary N) is 1. The number of hydrogen-bond acceptors (Lipinski definition) is 4. The largest absolute Gasteiger partial charge is 0.481 e. The van der Waals surface area contributed by atoms with E-state index in [4.69, 9.17) is 15.9 Å². The van der Waals surface area contributed by atoms with E-state index in [1.54, 1.807) is 0 Å². The third kappa shape index (κ3) is 5.25. The Balaban J connectivity index is 2.46. The average molecular weight is 272 g/mol. The van der Waals surface area contributed by atoms with Crippen LogP contribution in [0.1, 0.15) is 38.5 Å². The fourth-order valence-electron chi connectivity index (χ4n) is 2.20. The molecule has 1 rings (SSSR count). The van der Waals surface area contributed by atoms with Gasteiger partial charge in [0.25, 0.3) is 0 Å². The maximum absolute atomic E-state index is 11.9. The van der Waals surface area contributed by atoms with Crippen molar-refractivity contribution in [3.8, 4) is 0 Å². The van der Waals surface area contributed by atoms with E-state index in [2.05, 4.69) is 5.32 Å². The highest BCUT2D eigenvalue weighted by molar-refractivity contribution is 5.85. The van der Waals surface area contributed by atoms with Crippen LogP contribution in [0.2, 0.25) is 0 Å². The first kappa shape index (κ1) is 15.4. The number of carboxylic acid groups (broad SMARTS) is 2. The van der Waals surface area contributed by atoms with Crippen LogP contribution in [0, 0.1) is 5.92 Å². The van der Waals surface area contributed by atoms with Crippen LogP contribution >= 0.6 is 0 Å². The molecule has 19 heavy (non-hydrogen) atoms. The molecule has 0 aromatic heterocycles. The van der Waals surface area contributed by atoms with E-state index >= 15 is 0 Å². The molecule has 0 radical (unpaired) electrons. The molecule has 0 aromatic rings. The van der Waals surface area contributed by atoms with Crippen molar-refractivity contribution >= 4 is 17.8 Å². The zero-order valence-corrected chi connectivity index (χ0v) is 10.7. The molecule has 1 aliphatic rings. The monoisotopic (exact) mass is 272 g/mol. The van der Waals surface area contributed by atoms with Gasteiger partial charge in [-0.05, 0) is 32.1 Å². The topological polar surface area (TPSA) is 130 Å². The van der Waals surface area contributed by atoms with Crippen molar-refractivity contribution in [2.45, 2.75) is 50.6 Å². The minimum absolute atomic E-state index is 0.108. The van der Waals surface area contributed by atoms with Crippen molar-refractivity contribution in [1.82, 2.24) is 5.32 Å². The minimum atomic E-state index is -1.21. The summed E-state index contributed by atoms with van der Waals surface area (Å²) in [6, 6.07) is -1.02. The van der Waals surface area contributed by atoms with E-state index < -0.39 is 18.0 Å². The summed E-state index contributed by atoms with van der Waals surface area (Å²) in [5.74, 6) is -2.82. The van der Waals surface area contributed by atoms with Crippen LogP contribution in [0.4, 0.5) is 0 Å². The molecule has 0 unspecified atom stereocenters. The highest BCUT2D eigenvalue weighted by atomic mass is 16.4. The van der Waals surface area contributed by atoms with Crippen molar-refractivity contribution in [2.75, 3.05) is 0 Å². The molecule has 1 aliphatic carbocycles. The average Bonchev–Trinajstić information content (AvgIpc) is 2.34. The molecule has 1 saturated carbocycles. The first-order valence-electron chi connectivity index (χ1n) is 6.40. The summed E-state index contributed by atoms with van der Waals surface area (Å²) in [6.45, 7) is 0. The molecule has 7 heteroatoms. The number of aliphatic carboxylic acids is 2. The van der Waals surface area contributed by atoms with Gasteiger partial charge in [0, 0.05) is 18.4 Å². The van der Waals surface area contributed by atoms with Gasteiger partial charge in [-0.3, -0.25) is 9.59 Å². The molecule has 0 saturated heterocycles.